The highest BCUT2D eigenvalue weighted by atomic mass is 32.2. The molecule has 1 saturated heterocycles. The minimum Gasteiger partial charge on any atom is -0.373 e. The maximum Gasteiger partial charge on any atom is 0.251 e. The molecular weight excluding hydrogens is 365 g/mol. The molecule has 1 fully saturated rings. The lowest BCUT2D eigenvalue weighted by molar-refractivity contribution is 0.0953. The summed E-state index contributed by atoms with van der Waals surface area (Å²) in [5, 5.41) is 13.3. The first-order valence-corrected chi connectivity index (χ1v) is 9.98. The third-order valence-electron chi connectivity index (χ3n) is 4.54. The van der Waals surface area contributed by atoms with Crippen LogP contribution in [0, 0.1) is 12.7 Å². The maximum atomic E-state index is 13.3. The van der Waals surface area contributed by atoms with Crippen molar-refractivity contribution in [3.05, 3.63) is 65.0 Å². The van der Waals surface area contributed by atoms with E-state index in [4.69, 9.17) is 5.73 Å². The number of aliphatic hydroxyl groups is 1. The topological polar surface area (TPSA) is 78.6 Å². The van der Waals surface area contributed by atoms with E-state index >= 15 is 0 Å². The molecule has 0 spiro atoms. The smallest absolute Gasteiger partial charge is 0.251 e. The molecule has 3 rings (SSSR count). The van der Waals surface area contributed by atoms with Crippen molar-refractivity contribution in [1.82, 2.24) is 5.32 Å². The van der Waals surface area contributed by atoms with Gasteiger partial charge in [0.2, 0.25) is 0 Å². The van der Waals surface area contributed by atoms with E-state index in [1.54, 1.807) is 30.0 Å². The molecule has 5 nitrogen and oxygen atoms in total. The van der Waals surface area contributed by atoms with E-state index in [9.17, 15) is 14.3 Å². The Balaban J connectivity index is 1.83. The van der Waals surface area contributed by atoms with Crippen molar-refractivity contribution in [1.29, 1.82) is 0 Å². The Labute approximate surface area is 162 Å². The van der Waals surface area contributed by atoms with Crippen LogP contribution in [0.4, 0.5) is 10.1 Å². The first-order chi connectivity index (χ1) is 13.0. The summed E-state index contributed by atoms with van der Waals surface area (Å²) < 4.78 is 13.3. The van der Waals surface area contributed by atoms with Gasteiger partial charge in [-0.05, 0) is 61.3 Å². The lowest BCUT2D eigenvalue weighted by atomic mass is 10.1. The van der Waals surface area contributed by atoms with Crippen LogP contribution in [0.3, 0.4) is 0 Å². The molecule has 27 heavy (non-hydrogen) atoms. The van der Waals surface area contributed by atoms with Gasteiger partial charge >= 0.3 is 0 Å². The van der Waals surface area contributed by atoms with Gasteiger partial charge in [-0.15, -0.1) is 11.8 Å². The third kappa shape index (κ3) is 4.43. The second-order valence-corrected chi connectivity index (χ2v) is 7.64. The summed E-state index contributed by atoms with van der Waals surface area (Å²) in [5.41, 5.74) is 8.71. The molecule has 1 aliphatic heterocycles. The van der Waals surface area contributed by atoms with E-state index in [-0.39, 0.29) is 17.1 Å². The van der Waals surface area contributed by atoms with E-state index in [1.807, 2.05) is 24.0 Å². The number of rotatable bonds is 6. The average Bonchev–Trinajstić information content (AvgIpc) is 3.03. The van der Waals surface area contributed by atoms with E-state index in [0.717, 1.165) is 23.2 Å². The molecule has 2 atom stereocenters. The summed E-state index contributed by atoms with van der Waals surface area (Å²) in [6.45, 7) is 3.00. The van der Waals surface area contributed by atoms with E-state index in [2.05, 4.69) is 5.32 Å². The van der Waals surface area contributed by atoms with Crippen LogP contribution < -0.4 is 16.0 Å². The summed E-state index contributed by atoms with van der Waals surface area (Å²) in [5.74, 6) is 0.141. The van der Waals surface area contributed by atoms with Crippen LogP contribution in [0.15, 0.2) is 42.5 Å². The summed E-state index contributed by atoms with van der Waals surface area (Å²) in [4.78, 5) is 14.2. The second-order valence-electron chi connectivity index (χ2n) is 6.52. The molecule has 7 heteroatoms. The van der Waals surface area contributed by atoms with Crippen LogP contribution in [0.25, 0.3) is 0 Å². The van der Waals surface area contributed by atoms with Gasteiger partial charge in [-0.1, -0.05) is 12.1 Å². The Bertz CT molecular complexity index is 800. The Morgan fingerprint density at radius 3 is 2.74 bits per heavy atom. The van der Waals surface area contributed by atoms with Crippen molar-refractivity contribution >= 4 is 23.4 Å². The monoisotopic (exact) mass is 389 g/mol. The number of benzene rings is 2. The summed E-state index contributed by atoms with van der Waals surface area (Å²) in [6.07, 6.45) is 0.0901. The molecule has 2 unspecified atom stereocenters. The maximum absolute atomic E-state index is 13.3. The molecule has 2 aromatic rings. The Kier molecular flexibility index (Phi) is 6.36. The number of aliphatic hydroxyl groups excluding tert-OH is 1. The van der Waals surface area contributed by atoms with Crippen molar-refractivity contribution in [2.75, 3.05) is 23.7 Å². The van der Waals surface area contributed by atoms with Crippen molar-refractivity contribution in [2.24, 2.45) is 5.73 Å². The fourth-order valence-electron chi connectivity index (χ4n) is 3.16. The average molecular weight is 389 g/mol. The predicted octanol–water partition coefficient (Wildman–Crippen LogP) is 2.78. The van der Waals surface area contributed by atoms with Crippen molar-refractivity contribution in [2.45, 2.75) is 24.9 Å². The van der Waals surface area contributed by atoms with Gasteiger partial charge in [0.15, 0.2) is 0 Å². The number of nitrogens with two attached hydrogens (primary N) is 1. The van der Waals surface area contributed by atoms with E-state index in [1.165, 1.54) is 12.1 Å². The van der Waals surface area contributed by atoms with Crippen LogP contribution in [0.5, 0.6) is 0 Å². The summed E-state index contributed by atoms with van der Waals surface area (Å²) >= 11 is 1.61. The first kappa shape index (κ1) is 19.7. The van der Waals surface area contributed by atoms with Crippen LogP contribution in [-0.2, 0) is 0 Å². The lowest BCUT2D eigenvalue weighted by Gasteiger charge is -2.30. The van der Waals surface area contributed by atoms with Gasteiger partial charge in [0.1, 0.15) is 17.4 Å². The van der Waals surface area contributed by atoms with Gasteiger partial charge < -0.3 is 21.1 Å². The molecular formula is C20H24FN3O2S. The predicted molar refractivity (Wildman–Crippen MR) is 107 cm³/mol. The van der Waals surface area contributed by atoms with Crippen LogP contribution in [-0.4, -0.2) is 36.1 Å². The molecule has 0 radical (unpaired) electrons. The zero-order valence-electron chi connectivity index (χ0n) is 15.2. The number of anilines is 1. The van der Waals surface area contributed by atoms with E-state index < -0.39 is 6.23 Å². The number of thioether (sulfide) groups is 1. The first-order valence-electron chi connectivity index (χ1n) is 8.93. The molecule has 0 saturated carbocycles. The van der Waals surface area contributed by atoms with Crippen LogP contribution in [0.1, 0.15) is 33.3 Å². The van der Waals surface area contributed by atoms with Gasteiger partial charge in [0.05, 0.1) is 0 Å². The van der Waals surface area contributed by atoms with Crippen molar-refractivity contribution in [3.8, 4) is 0 Å². The van der Waals surface area contributed by atoms with Gasteiger partial charge in [0.25, 0.3) is 5.91 Å². The number of halogens is 1. The highest BCUT2D eigenvalue weighted by Gasteiger charge is 2.34. The fourth-order valence-corrected chi connectivity index (χ4v) is 4.44. The number of carbonyl (C=O) groups is 1. The number of aryl methyl sites for hydroxylation is 1. The molecule has 144 valence electrons. The largest absolute Gasteiger partial charge is 0.373 e. The SMILES string of the molecule is Cc1cc(C(=O)NCCCN)ccc1N1C(O)CSC1c1ccc(F)cc1. The highest BCUT2D eigenvalue weighted by molar-refractivity contribution is 7.99. The van der Waals surface area contributed by atoms with Gasteiger partial charge in [-0.3, -0.25) is 4.79 Å². The normalized spacial score (nSPS) is 19.3. The molecule has 2 aromatic carbocycles. The number of amides is 1. The fraction of sp³-hybridized carbons (Fsp3) is 0.350. The summed E-state index contributed by atoms with van der Waals surface area (Å²) in [6, 6.07) is 11.8. The van der Waals surface area contributed by atoms with Gasteiger partial charge in [-0.2, -0.15) is 0 Å². The van der Waals surface area contributed by atoms with Crippen molar-refractivity contribution in [3.63, 3.8) is 0 Å². The quantitative estimate of drug-likeness (QED) is 0.662. The summed E-state index contributed by atoms with van der Waals surface area (Å²) in [7, 11) is 0. The zero-order chi connectivity index (χ0) is 19.4. The Morgan fingerprint density at radius 1 is 1.33 bits per heavy atom. The second kappa shape index (κ2) is 8.73. The molecule has 0 aromatic heterocycles. The zero-order valence-corrected chi connectivity index (χ0v) is 16.0. The molecule has 0 bridgehead atoms. The standard InChI is InChI=1S/C20H24FN3O2S/c1-13-11-15(19(26)23-10-2-9-22)5-8-17(13)24-18(25)12-27-20(24)14-3-6-16(21)7-4-14/h3-8,11,18,20,25H,2,9-10,12,22H2,1H3,(H,23,26). The van der Waals surface area contributed by atoms with Gasteiger partial charge in [-0.25, -0.2) is 4.39 Å². The minimum atomic E-state index is -0.645. The van der Waals surface area contributed by atoms with Crippen molar-refractivity contribution < 1.29 is 14.3 Å². The third-order valence-corrected chi connectivity index (χ3v) is 5.84. The van der Waals surface area contributed by atoms with Crippen LogP contribution in [0.2, 0.25) is 0 Å². The van der Waals surface area contributed by atoms with E-state index in [0.29, 0.717) is 24.4 Å². The molecule has 1 heterocycles. The molecule has 4 N–H and O–H groups in total. The molecule has 1 amide bonds. The Hall–Kier alpha value is -2.09. The number of carbonyl (C=O) groups excluding carboxylic acids is 1. The highest BCUT2D eigenvalue weighted by Crippen LogP contribution is 2.44. The number of hydrogen-bond acceptors (Lipinski definition) is 5. The Morgan fingerprint density at radius 2 is 2.07 bits per heavy atom. The number of nitrogens with one attached hydrogen (secondary N) is 1. The minimum absolute atomic E-state index is 0.108. The number of hydrogen-bond donors (Lipinski definition) is 3. The van der Waals surface area contributed by atoms with Gasteiger partial charge in [0, 0.05) is 23.5 Å². The lowest BCUT2D eigenvalue weighted by Crippen LogP contribution is -2.33. The molecule has 0 aliphatic carbocycles. The van der Waals surface area contributed by atoms with Crippen LogP contribution >= 0.6 is 11.8 Å². The number of nitrogens with zero attached hydrogens (tertiary/aromatic N) is 1. The molecule has 1 aliphatic rings.